The molecule has 39 heavy (non-hydrogen) atoms. The highest BCUT2D eigenvalue weighted by molar-refractivity contribution is 5.86. The lowest BCUT2D eigenvalue weighted by molar-refractivity contribution is -0.187. The van der Waals surface area contributed by atoms with E-state index in [9.17, 15) is 9.59 Å². The van der Waals surface area contributed by atoms with Crippen LogP contribution in [0.1, 0.15) is 106 Å². The molecule has 0 bridgehead atoms. The van der Waals surface area contributed by atoms with E-state index in [1.165, 1.54) is 6.42 Å². The number of ketones is 1. The number of carbonyl (C=O) groups is 2. The minimum atomic E-state index is -0.283. The Morgan fingerprint density at radius 3 is 2.41 bits per heavy atom. The second kappa shape index (κ2) is 9.96. The molecule has 4 N–H and O–H groups in total. The first kappa shape index (κ1) is 29.3. The Morgan fingerprint density at radius 2 is 1.69 bits per heavy atom. The van der Waals surface area contributed by atoms with E-state index in [2.05, 4.69) is 65.2 Å². The summed E-state index contributed by atoms with van der Waals surface area (Å²) in [5.41, 5.74) is 7.26. The lowest BCUT2D eigenvalue weighted by atomic mass is 9.33. The van der Waals surface area contributed by atoms with Crippen molar-refractivity contribution in [3.8, 4) is 0 Å². The third-order valence-corrected chi connectivity index (χ3v) is 14.1. The van der Waals surface area contributed by atoms with Gasteiger partial charge in [0, 0.05) is 38.0 Å². The van der Waals surface area contributed by atoms with Crippen LogP contribution in [-0.4, -0.2) is 37.9 Å². The van der Waals surface area contributed by atoms with Gasteiger partial charge in [0.25, 0.3) is 0 Å². The number of nitrogens with two attached hydrogens (primary N) is 1. The Bertz CT molecular complexity index is 1020. The largest absolute Gasteiger partial charge is 0.354 e. The number of Topliss-reactive ketones (excluding diaryl/α,β-unsaturated/α-hetero) is 1. The molecular weight excluding hydrogens is 482 g/mol. The lowest BCUT2D eigenvalue weighted by Crippen LogP contribution is -2.65. The average Bonchev–Trinajstić information content (AvgIpc) is 2.89. The third kappa shape index (κ3) is 4.06. The van der Waals surface area contributed by atoms with Crippen molar-refractivity contribution in [2.75, 3.05) is 26.2 Å². The summed E-state index contributed by atoms with van der Waals surface area (Å²) in [7, 11) is 0. The number of amides is 1. The zero-order chi connectivity index (χ0) is 28.4. The zero-order valence-corrected chi connectivity index (χ0v) is 26.1. The van der Waals surface area contributed by atoms with E-state index in [1.54, 1.807) is 5.57 Å². The molecule has 5 aliphatic carbocycles. The van der Waals surface area contributed by atoms with Crippen molar-refractivity contribution in [1.29, 1.82) is 0 Å². The van der Waals surface area contributed by atoms with Gasteiger partial charge >= 0.3 is 0 Å². The molecule has 5 nitrogen and oxygen atoms in total. The van der Waals surface area contributed by atoms with Crippen LogP contribution in [0, 0.1) is 56.7 Å². The Hall–Kier alpha value is -1.20. The summed E-state index contributed by atoms with van der Waals surface area (Å²) in [6.45, 7) is 19.9. The van der Waals surface area contributed by atoms with Gasteiger partial charge < -0.3 is 16.4 Å². The van der Waals surface area contributed by atoms with Crippen LogP contribution in [0.4, 0.5) is 0 Å². The van der Waals surface area contributed by atoms with E-state index in [4.69, 9.17) is 5.73 Å². The van der Waals surface area contributed by atoms with E-state index in [1.807, 2.05) is 0 Å². The van der Waals surface area contributed by atoms with Crippen LogP contribution < -0.4 is 16.4 Å². The standard InChI is InChI=1S/C34H57N3O2/c1-22-10-15-34(29(39)37-21-20-36-19-18-35)17-16-32(6)24(28(34)23(22)2)8-9-26-31(5)13-12-27(38)30(3,4)25(31)11-14-33(26,32)7/h8,22-23,25-26,28,36H,9-21,35H2,1-7H3,(H,37,39)/t22-,23+,25+,26-,28+,31+,32-,33-,34+/m1/s1. The topological polar surface area (TPSA) is 84.2 Å². The van der Waals surface area contributed by atoms with E-state index in [-0.39, 0.29) is 27.1 Å². The first-order valence-corrected chi connectivity index (χ1v) is 16.2. The van der Waals surface area contributed by atoms with Crippen LogP contribution in [0.3, 0.4) is 0 Å². The monoisotopic (exact) mass is 539 g/mol. The summed E-state index contributed by atoms with van der Waals surface area (Å²) in [5, 5.41) is 6.69. The predicted molar refractivity (Wildman–Crippen MR) is 159 cm³/mol. The fourth-order valence-corrected chi connectivity index (χ4v) is 11.3. The summed E-state index contributed by atoms with van der Waals surface area (Å²) >= 11 is 0. The highest BCUT2D eigenvalue weighted by atomic mass is 16.2. The highest BCUT2D eigenvalue weighted by Gasteiger charge is 2.69. The van der Waals surface area contributed by atoms with Crippen molar-refractivity contribution in [3.63, 3.8) is 0 Å². The van der Waals surface area contributed by atoms with Crippen LogP contribution in [0.15, 0.2) is 11.6 Å². The van der Waals surface area contributed by atoms with E-state index in [0.29, 0.717) is 54.4 Å². The molecule has 0 aromatic heterocycles. The third-order valence-electron chi connectivity index (χ3n) is 14.1. The Labute approximate surface area is 238 Å². The maximum Gasteiger partial charge on any atom is 0.226 e. The maximum absolute atomic E-state index is 14.1. The van der Waals surface area contributed by atoms with Gasteiger partial charge in [-0.25, -0.2) is 0 Å². The number of fused-ring (bicyclic) bond motifs is 7. The molecule has 4 saturated carbocycles. The number of rotatable bonds is 6. The zero-order valence-electron chi connectivity index (χ0n) is 26.1. The molecule has 1 amide bonds. The van der Waals surface area contributed by atoms with Crippen molar-refractivity contribution in [2.45, 2.75) is 106 Å². The molecule has 4 fully saturated rings. The fourth-order valence-electron chi connectivity index (χ4n) is 11.3. The van der Waals surface area contributed by atoms with E-state index >= 15 is 0 Å². The number of nitrogens with one attached hydrogen (secondary N) is 2. The predicted octanol–water partition coefficient (Wildman–Crippen LogP) is 5.88. The van der Waals surface area contributed by atoms with Gasteiger partial charge in [-0.3, -0.25) is 9.59 Å². The first-order valence-electron chi connectivity index (χ1n) is 16.2. The second-order valence-corrected chi connectivity index (χ2v) is 15.7. The van der Waals surface area contributed by atoms with Gasteiger partial charge in [-0.1, -0.05) is 60.1 Å². The van der Waals surface area contributed by atoms with Crippen molar-refractivity contribution in [2.24, 2.45) is 62.4 Å². The molecule has 0 heterocycles. The van der Waals surface area contributed by atoms with E-state index < -0.39 is 0 Å². The Kier molecular flexibility index (Phi) is 7.49. The maximum atomic E-state index is 14.1. The molecule has 0 aliphatic heterocycles. The molecule has 0 spiro atoms. The molecule has 0 saturated heterocycles. The minimum Gasteiger partial charge on any atom is -0.354 e. The molecule has 0 radical (unpaired) electrons. The molecule has 0 unspecified atom stereocenters. The van der Waals surface area contributed by atoms with Gasteiger partial charge in [0.1, 0.15) is 5.78 Å². The molecular formula is C34H57N3O2. The van der Waals surface area contributed by atoms with Crippen molar-refractivity contribution < 1.29 is 9.59 Å². The van der Waals surface area contributed by atoms with Crippen LogP contribution in [0.2, 0.25) is 0 Å². The van der Waals surface area contributed by atoms with Gasteiger partial charge in [-0.2, -0.15) is 0 Å². The number of hydrogen-bond acceptors (Lipinski definition) is 4. The van der Waals surface area contributed by atoms with Crippen LogP contribution >= 0.6 is 0 Å². The van der Waals surface area contributed by atoms with Gasteiger partial charge in [0.05, 0.1) is 5.41 Å². The van der Waals surface area contributed by atoms with Crippen LogP contribution in [0.5, 0.6) is 0 Å². The quantitative estimate of drug-likeness (QED) is 0.291. The number of allylic oxidation sites excluding steroid dienone is 2. The van der Waals surface area contributed by atoms with E-state index in [0.717, 1.165) is 64.5 Å². The van der Waals surface area contributed by atoms with Gasteiger partial charge in [0.2, 0.25) is 5.91 Å². The van der Waals surface area contributed by atoms with Crippen molar-refractivity contribution >= 4 is 11.7 Å². The summed E-state index contributed by atoms with van der Waals surface area (Å²) in [6, 6.07) is 0. The van der Waals surface area contributed by atoms with Gasteiger partial charge in [-0.05, 0) is 97.2 Å². The molecule has 5 heteroatoms. The van der Waals surface area contributed by atoms with Crippen LogP contribution in [0.25, 0.3) is 0 Å². The smallest absolute Gasteiger partial charge is 0.226 e. The summed E-state index contributed by atoms with van der Waals surface area (Å²) in [5.74, 6) is 3.29. The minimum absolute atomic E-state index is 0.109. The van der Waals surface area contributed by atoms with Gasteiger partial charge in [-0.15, -0.1) is 0 Å². The molecule has 5 rings (SSSR count). The highest BCUT2D eigenvalue weighted by Crippen LogP contribution is 2.75. The summed E-state index contributed by atoms with van der Waals surface area (Å²) in [4.78, 5) is 27.1. The molecule has 0 aromatic carbocycles. The molecule has 9 atom stereocenters. The van der Waals surface area contributed by atoms with Crippen molar-refractivity contribution in [3.05, 3.63) is 11.6 Å². The number of carbonyl (C=O) groups excluding carboxylic acids is 2. The van der Waals surface area contributed by atoms with Crippen LogP contribution in [-0.2, 0) is 9.59 Å². The fraction of sp³-hybridized carbons (Fsp3) is 0.882. The van der Waals surface area contributed by atoms with Crippen molar-refractivity contribution in [1.82, 2.24) is 10.6 Å². The molecule has 5 aliphatic rings. The SMILES string of the molecule is C[C@H]1[C@H](C)CC[C@]2(C(=O)NCCNCCN)CC[C@]3(C)C(=CC[C@@H]4[C@@]5(C)CCC(=O)C(C)(C)[C@@H]5CC[C@]43C)[C@H]12. The average molecular weight is 540 g/mol. The Morgan fingerprint density at radius 1 is 0.949 bits per heavy atom. The first-order chi connectivity index (χ1) is 18.3. The molecule has 220 valence electrons. The van der Waals surface area contributed by atoms with Gasteiger partial charge in [0.15, 0.2) is 0 Å². The Balaban J connectivity index is 1.50. The summed E-state index contributed by atoms with van der Waals surface area (Å²) in [6.07, 6.45) is 12.1. The molecule has 0 aromatic rings. The second-order valence-electron chi connectivity index (χ2n) is 15.7. The normalized spacial score (nSPS) is 46.7. The number of hydrogen-bond donors (Lipinski definition) is 3. The lowest BCUT2D eigenvalue weighted by Gasteiger charge is -2.71. The summed E-state index contributed by atoms with van der Waals surface area (Å²) < 4.78 is 0.